The quantitative estimate of drug-likeness (QED) is 0.184. The van der Waals surface area contributed by atoms with Crippen LogP contribution in [0.1, 0.15) is 11.1 Å². The van der Waals surface area contributed by atoms with Crippen LogP contribution in [0.3, 0.4) is 0 Å². The minimum Gasteiger partial charge on any atom is -0.309 e. The molecule has 55 heavy (non-hydrogen) atoms. The third-order valence-electron chi connectivity index (χ3n) is 11.1. The van der Waals surface area contributed by atoms with Crippen LogP contribution in [0.2, 0.25) is 0 Å². The van der Waals surface area contributed by atoms with Gasteiger partial charge in [0.25, 0.3) is 0 Å². The second-order valence-corrected chi connectivity index (χ2v) is 14.0. The predicted octanol–water partition coefficient (Wildman–Crippen LogP) is 12.4. The number of hydrogen-bond acceptors (Lipinski definition) is 2. The van der Waals surface area contributed by atoms with Crippen LogP contribution in [-0.4, -0.2) is 13.7 Å². The molecule has 0 amide bonds. The topological polar surface area (TPSA) is 62.4 Å². The highest BCUT2D eigenvalue weighted by Gasteiger charge is 2.25. The summed E-state index contributed by atoms with van der Waals surface area (Å²) in [5.41, 5.74) is 12.3. The maximum absolute atomic E-state index is 10.2. The lowest BCUT2D eigenvalue weighted by Gasteiger charge is -2.16. The maximum atomic E-state index is 10.2. The molecule has 0 aliphatic rings. The van der Waals surface area contributed by atoms with Gasteiger partial charge in [-0.3, -0.25) is 0 Å². The van der Waals surface area contributed by atoms with Crippen molar-refractivity contribution in [2.24, 2.45) is 0 Å². The van der Waals surface area contributed by atoms with E-state index >= 15 is 0 Å². The Hall–Kier alpha value is -7.86. The fraction of sp³-hybridized carbons (Fsp3) is 0. The van der Waals surface area contributed by atoms with Gasteiger partial charge in [-0.1, -0.05) is 103 Å². The fourth-order valence-electron chi connectivity index (χ4n) is 8.81. The number of fused-ring (bicyclic) bond motifs is 10. The largest absolute Gasteiger partial charge is 0.309 e. The molecule has 0 saturated heterocycles. The van der Waals surface area contributed by atoms with E-state index < -0.39 is 0 Å². The first-order chi connectivity index (χ1) is 27.2. The summed E-state index contributed by atoms with van der Waals surface area (Å²) in [7, 11) is 0. The number of aromatic nitrogens is 3. The SMILES string of the molecule is N#Cc1ccc(-c2cc(-n3c4ccccc4c4ccccc43)cc3c4ccc5c(c6ccccc6n5-c5ccccc5)c4n(-c4ccccc4)c23)cc1C#N. The predicted molar refractivity (Wildman–Crippen MR) is 224 cm³/mol. The van der Waals surface area contributed by atoms with Crippen molar-refractivity contribution in [3.8, 4) is 40.3 Å². The molecule has 8 aromatic carbocycles. The molecule has 0 unspecified atom stereocenters. The molecule has 5 nitrogen and oxygen atoms in total. The smallest absolute Gasteiger partial charge is 0.101 e. The van der Waals surface area contributed by atoms with Crippen molar-refractivity contribution < 1.29 is 0 Å². The first-order valence-corrected chi connectivity index (χ1v) is 18.3. The highest BCUT2D eigenvalue weighted by Crippen LogP contribution is 2.46. The zero-order valence-electron chi connectivity index (χ0n) is 29.5. The number of benzene rings is 8. The first kappa shape index (κ1) is 30.7. The van der Waals surface area contributed by atoms with Gasteiger partial charge in [-0.15, -0.1) is 0 Å². The van der Waals surface area contributed by atoms with Crippen molar-refractivity contribution in [2.45, 2.75) is 0 Å². The minimum atomic E-state index is 0.353. The molecule has 0 aliphatic heterocycles. The zero-order chi connectivity index (χ0) is 36.6. The summed E-state index contributed by atoms with van der Waals surface area (Å²) in [4.78, 5) is 0. The second-order valence-electron chi connectivity index (χ2n) is 14.0. The molecular formula is C50H29N5. The average molecular weight is 700 g/mol. The van der Waals surface area contributed by atoms with E-state index in [0.29, 0.717) is 11.1 Å². The van der Waals surface area contributed by atoms with Crippen LogP contribution in [0.25, 0.3) is 93.6 Å². The van der Waals surface area contributed by atoms with E-state index in [1.807, 2.05) is 12.1 Å². The van der Waals surface area contributed by atoms with Gasteiger partial charge in [0.05, 0.1) is 44.2 Å². The van der Waals surface area contributed by atoms with Gasteiger partial charge < -0.3 is 13.7 Å². The molecule has 3 aromatic heterocycles. The maximum Gasteiger partial charge on any atom is 0.101 e. The molecule has 0 aliphatic carbocycles. The monoisotopic (exact) mass is 699 g/mol. The van der Waals surface area contributed by atoms with Crippen LogP contribution in [0.15, 0.2) is 176 Å². The molecule has 0 saturated carbocycles. The van der Waals surface area contributed by atoms with Crippen LogP contribution in [0, 0.1) is 22.7 Å². The van der Waals surface area contributed by atoms with E-state index in [0.717, 1.165) is 72.1 Å². The van der Waals surface area contributed by atoms with E-state index in [9.17, 15) is 10.5 Å². The Balaban J connectivity index is 1.38. The van der Waals surface area contributed by atoms with Gasteiger partial charge in [0.1, 0.15) is 12.1 Å². The molecule has 254 valence electrons. The number of para-hydroxylation sites is 5. The van der Waals surface area contributed by atoms with Crippen LogP contribution in [-0.2, 0) is 0 Å². The van der Waals surface area contributed by atoms with Crippen molar-refractivity contribution in [2.75, 3.05) is 0 Å². The summed E-state index contributed by atoms with van der Waals surface area (Å²) in [6.45, 7) is 0. The lowest BCUT2D eigenvalue weighted by atomic mass is 9.97. The van der Waals surface area contributed by atoms with E-state index in [2.05, 4.69) is 184 Å². The van der Waals surface area contributed by atoms with Gasteiger partial charge in [-0.25, -0.2) is 0 Å². The number of nitriles is 2. The highest BCUT2D eigenvalue weighted by molar-refractivity contribution is 6.27. The van der Waals surface area contributed by atoms with Crippen molar-refractivity contribution in [1.29, 1.82) is 10.5 Å². The standard InChI is InChI=1S/C50H29N5/c51-30-33-24-23-32(27-34(33)31-52)42-28-37(54-44-20-10-7-17-38(44)39-18-8-11-21-45(39)54)29-43-40-25-26-47-48(50(40)55(49(42)43)36-15-5-2-6-16-36)41-19-9-12-22-46(41)53(47)35-13-3-1-4-14-35/h1-29H. The van der Waals surface area contributed by atoms with Crippen LogP contribution in [0.5, 0.6) is 0 Å². The number of hydrogen-bond donors (Lipinski definition) is 0. The summed E-state index contributed by atoms with van der Waals surface area (Å²) in [6.07, 6.45) is 0. The summed E-state index contributed by atoms with van der Waals surface area (Å²) >= 11 is 0. The number of rotatable bonds is 4. The molecule has 0 radical (unpaired) electrons. The third kappa shape index (κ3) is 4.39. The van der Waals surface area contributed by atoms with E-state index in [-0.39, 0.29) is 0 Å². The Morgan fingerprint density at radius 2 is 0.891 bits per heavy atom. The molecule has 11 rings (SSSR count). The summed E-state index contributed by atoms with van der Waals surface area (Å²) in [6, 6.07) is 66.2. The van der Waals surface area contributed by atoms with Gasteiger partial charge in [-0.2, -0.15) is 10.5 Å². The molecule has 0 N–H and O–H groups in total. The van der Waals surface area contributed by atoms with Crippen molar-refractivity contribution in [1.82, 2.24) is 13.7 Å². The minimum absolute atomic E-state index is 0.353. The van der Waals surface area contributed by atoms with Crippen LogP contribution in [0.4, 0.5) is 0 Å². The molecule has 0 bridgehead atoms. The van der Waals surface area contributed by atoms with Crippen LogP contribution < -0.4 is 0 Å². The van der Waals surface area contributed by atoms with Crippen molar-refractivity contribution in [3.63, 3.8) is 0 Å². The molecule has 0 fully saturated rings. The van der Waals surface area contributed by atoms with Gasteiger partial charge >= 0.3 is 0 Å². The van der Waals surface area contributed by atoms with Gasteiger partial charge in [0, 0.05) is 54.9 Å². The Morgan fingerprint density at radius 3 is 1.53 bits per heavy atom. The van der Waals surface area contributed by atoms with Crippen molar-refractivity contribution >= 4 is 65.4 Å². The molecule has 0 atom stereocenters. The summed E-state index contributed by atoms with van der Waals surface area (Å²) in [5.74, 6) is 0. The van der Waals surface area contributed by atoms with Gasteiger partial charge in [0.2, 0.25) is 0 Å². The van der Waals surface area contributed by atoms with Crippen molar-refractivity contribution in [3.05, 3.63) is 187 Å². The lowest BCUT2D eigenvalue weighted by molar-refractivity contribution is 1.17. The fourth-order valence-corrected chi connectivity index (χ4v) is 8.81. The van der Waals surface area contributed by atoms with Gasteiger partial charge in [-0.05, 0) is 78.4 Å². The molecule has 3 heterocycles. The summed E-state index contributed by atoms with van der Waals surface area (Å²) < 4.78 is 7.12. The number of nitrogens with zero attached hydrogens (tertiary/aromatic N) is 5. The van der Waals surface area contributed by atoms with E-state index in [1.54, 1.807) is 6.07 Å². The second kappa shape index (κ2) is 11.8. The molecular weight excluding hydrogens is 671 g/mol. The molecule has 0 spiro atoms. The Labute approximate surface area is 316 Å². The summed E-state index contributed by atoms with van der Waals surface area (Å²) in [5, 5.41) is 27.1. The van der Waals surface area contributed by atoms with E-state index in [4.69, 9.17) is 0 Å². The Bertz CT molecular complexity index is 3390. The molecule has 11 aromatic rings. The highest BCUT2D eigenvalue weighted by atomic mass is 15.0. The van der Waals surface area contributed by atoms with Gasteiger partial charge in [0.15, 0.2) is 0 Å². The lowest BCUT2D eigenvalue weighted by Crippen LogP contribution is -1.99. The van der Waals surface area contributed by atoms with Crippen LogP contribution >= 0.6 is 0 Å². The Kier molecular flexibility index (Phi) is 6.61. The Morgan fingerprint density at radius 1 is 0.345 bits per heavy atom. The van der Waals surface area contributed by atoms with E-state index in [1.165, 1.54) is 21.5 Å². The third-order valence-corrected chi connectivity index (χ3v) is 11.1. The normalized spacial score (nSPS) is 11.6. The molecule has 5 heteroatoms. The average Bonchev–Trinajstić information content (AvgIpc) is 3.89. The first-order valence-electron chi connectivity index (χ1n) is 18.3. The zero-order valence-corrected chi connectivity index (χ0v) is 29.5.